The predicted molar refractivity (Wildman–Crippen MR) is 67.5 cm³/mol. The summed E-state index contributed by atoms with van der Waals surface area (Å²) in [6.07, 6.45) is 2.65. The molecule has 0 saturated heterocycles. The second-order valence-electron chi connectivity index (χ2n) is 5.00. The lowest BCUT2D eigenvalue weighted by Gasteiger charge is -2.21. The van der Waals surface area contributed by atoms with Gasteiger partial charge in [0.25, 0.3) is 0 Å². The summed E-state index contributed by atoms with van der Waals surface area (Å²) in [5.41, 5.74) is 0. The molecule has 2 nitrogen and oxygen atoms in total. The molecule has 0 aromatic rings. The second-order valence-corrected chi connectivity index (χ2v) is 6.84. The minimum absolute atomic E-state index is 0.324. The van der Waals surface area contributed by atoms with E-state index in [1.807, 2.05) is 0 Å². The lowest BCUT2D eigenvalue weighted by molar-refractivity contribution is 0.509. The van der Waals surface area contributed by atoms with Gasteiger partial charge in [0.15, 0.2) is 0 Å². The lowest BCUT2D eigenvalue weighted by atomic mass is 10.2. The summed E-state index contributed by atoms with van der Waals surface area (Å²) in [7, 11) is -0.670. The zero-order valence-corrected chi connectivity index (χ0v) is 11.3. The Morgan fingerprint density at radius 1 is 1.33 bits per heavy atom. The fourth-order valence-electron chi connectivity index (χ4n) is 1.75. The molecule has 1 N–H and O–H groups in total. The van der Waals surface area contributed by atoms with Gasteiger partial charge >= 0.3 is 0 Å². The molecule has 0 aromatic carbocycles. The maximum atomic E-state index is 12.1. The molecule has 0 aliphatic heterocycles. The molecular weight excluding hydrogens is 206 g/mol. The molecule has 0 aromatic heterocycles. The van der Waals surface area contributed by atoms with Crippen LogP contribution in [0.15, 0.2) is 0 Å². The van der Waals surface area contributed by atoms with E-state index < -0.39 is 10.8 Å². The van der Waals surface area contributed by atoms with E-state index in [0.29, 0.717) is 17.2 Å². The van der Waals surface area contributed by atoms with Gasteiger partial charge in [-0.1, -0.05) is 27.7 Å². The minimum Gasteiger partial charge on any atom is -0.313 e. The Morgan fingerprint density at radius 2 is 1.93 bits per heavy atom. The van der Waals surface area contributed by atoms with Crippen LogP contribution in [0.3, 0.4) is 0 Å². The van der Waals surface area contributed by atoms with Crippen LogP contribution in [0, 0.1) is 11.8 Å². The molecule has 15 heavy (non-hydrogen) atoms. The molecule has 1 fully saturated rings. The van der Waals surface area contributed by atoms with Gasteiger partial charge in [0, 0.05) is 27.8 Å². The van der Waals surface area contributed by atoms with Gasteiger partial charge in [0.1, 0.15) is 0 Å². The van der Waals surface area contributed by atoms with Crippen LogP contribution in [0.25, 0.3) is 0 Å². The van der Waals surface area contributed by atoms with Crippen molar-refractivity contribution >= 4 is 10.8 Å². The highest BCUT2D eigenvalue weighted by Crippen LogP contribution is 2.33. The standard InChI is InChI=1S/C12H25NOS/c1-5-13-12(11-6-7-11)8-15(14)10(4)9(2)3/h9-13H,5-8H2,1-4H3. The van der Waals surface area contributed by atoms with Gasteiger partial charge in [-0.05, 0) is 31.2 Å². The van der Waals surface area contributed by atoms with E-state index in [9.17, 15) is 4.21 Å². The van der Waals surface area contributed by atoms with Crippen molar-refractivity contribution in [3.63, 3.8) is 0 Å². The Morgan fingerprint density at radius 3 is 2.33 bits per heavy atom. The molecule has 0 radical (unpaired) electrons. The van der Waals surface area contributed by atoms with Gasteiger partial charge in [-0.25, -0.2) is 0 Å². The highest BCUT2D eigenvalue weighted by Gasteiger charge is 2.32. The lowest BCUT2D eigenvalue weighted by Crippen LogP contribution is -2.38. The molecule has 1 aliphatic rings. The third-order valence-corrected chi connectivity index (χ3v) is 5.42. The Kier molecular flexibility index (Phi) is 5.27. The van der Waals surface area contributed by atoms with Gasteiger partial charge in [0.05, 0.1) is 0 Å². The summed E-state index contributed by atoms with van der Waals surface area (Å²) in [6, 6.07) is 0.497. The third kappa shape index (κ3) is 4.23. The van der Waals surface area contributed by atoms with E-state index in [1.54, 1.807) is 0 Å². The molecular formula is C12H25NOS. The molecule has 0 spiro atoms. The van der Waals surface area contributed by atoms with Crippen molar-refractivity contribution < 1.29 is 4.21 Å². The average molecular weight is 231 g/mol. The van der Waals surface area contributed by atoms with Crippen LogP contribution in [0.5, 0.6) is 0 Å². The van der Waals surface area contributed by atoms with E-state index in [2.05, 4.69) is 33.0 Å². The summed E-state index contributed by atoms with van der Waals surface area (Å²) in [4.78, 5) is 0. The maximum absolute atomic E-state index is 12.1. The molecule has 3 atom stereocenters. The summed E-state index contributed by atoms with van der Waals surface area (Å²) in [5, 5.41) is 3.80. The van der Waals surface area contributed by atoms with Gasteiger partial charge in [-0.15, -0.1) is 0 Å². The smallest absolute Gasteiger partial charge is 0.0394 e. The first-order valence-electron chi connectivity index (χ1n) is 6.16. The van der Waals surface area contributed by atoms with Gasteiger partial charge in [-0.3, -0.25) is 4.21 Å². The minimum atomic E-state index is -0.670. The van der Waals surface area contributed by atoms with Crippen molar-refractivity contribution in [3.8, 4) is 0 Å². The molecule has 3 heteroatoms. The number of hydrogen-bond acceptors (Lipinski definition) is 2. The summed E-state index contributed by atoms with van der Waals surface area (Å²) >= 11 is 0. The zero-order chi connectivity index (χ0) is 11.4. The van der Waals surface area contributed by atoms with E-state index in [4.69, 9.17) is 0 Å². The van der Waals surface area contributed by atoms with Crippen LogP contribution in [0.2, 0.25) is 0 Å². The van der Waals surface area contributed by atoms with Crippen molar-refractivity contribution in [1.82, 2.24) is 5.32 Å². The molecule has 0 bridgehead atoms. The van der Waals surface area contributed by atoms with Crippen LogP contribution < -0.4 is 5.32 Å². The highest BCUT2D eigenvalue weighted by molar-refractivity contribution is 7.85. The van der Waals surface area contributed by atoms with Crippen LogP contribution >= 0.6 is 0 Å². The van der Waals surface area contributed by atoms with Crippen LogP contribution in [-0.2, 0) is 10.8 Å². The molecule has 3 unspecified atom stereocenters. The Bertz CT molecular complexity index is 214. The Hall–Kier alpha value is 0.110. The van der Waals surface area contributed by atoms with E-state index >= 15 is 0 Å². The van der Waals surface area contributed by atoms with E-state index in [0.717, 1.165) is 18.2 Å². The van der Waals surface area contributed by atoms with Crippen molar-refractivity contribution in [3.05, 3.63) is 0 Å². The largest absolute Gasteiger partial charge is 0.313 e. The first-order chi connectivity index (χ1) is 7.06. The predicted octanol–water partition coefficient (Wildman–Crippen LogP) is 2.17. The van der Waals surface area contributed by atoms with Crippen molar-refractivity contribution in [2.45, 2.75) is 51.8 Å². The van der Waals surface area contributed by atoms with Crippen molar-refractivity contribution in [2.24, 2.45) is 11.8 Å². The van der Waals surface area contributed by atoms with Gasteiger partial charge < -0.3 is 5.32 Å². The molecule has 1 saturated carbocycles. The third-order valence-electron chi connectivity index (χ3n) is 3.35. The fourth-order valence-corrected chi connectivity index (χ4v) is 3.41. The molecule has 1 rings (SSSR count). The fraction of sp³-hybridized carbons (Fsp3) is 1.00. The van der Waals surface area contributed by atoms with E-state index in [-0.39, 0.29) is 0 Å². The normalized spacial score (nSPS) is 22.7. The van der Waals surface area contributed by atoms with Crippen molar-refractivity contribution in [2.75, 3.05) is 12.3 Å². The van der Waals surface area contributed by atoms with Gasteiger partial charge in [-0.2, -0.15) is 0 Å². The topological polar surface area (TPSA) is 29.1 Å². The number of nitrogens with one attached hydrogen (secondary N) is 1. The van der Waals surface area contributed by atoms with Crippen LogP contribution in [0.1, 0.15) is 40.5 Å². The Balaban J connectivity index is 2.39. The first kappa shape index (κ1) is 13.2. The number of hydrogen-bond donors (Lipinski definition) is 1. The SMILES string of the molecule is CCNC(CS(=O)C(C)C(C)C)C1CC1. The monoisotopic (exact) mass is 231 g/mol. The average Bonchev–Trinajstić information content (AvgIpc) is 2.98. The maximum Gasteiger partial charge on any atom is 0.0394 e. The number of rotatable bonds is 7. The van der Waals surface area contributed by atoms with Crippen LogP contribution in [0.4, 0.5) is 0 Å². The zero-order valence-electron chi connectivity index (χ0n) is 10.5. The summed E-state index contributed by atoms with van der Waals surface area (Å²) < 4.78 is 12.1. The first-order valence-corrected chi connectivity index (χ1v) is 7.55. The molecule has 0 amide bonds. The van der Waals surface area contributed by atoms with Crippen LogP contribution in [-0.4, -0.2) is 27.8 Å². The highest BCUT2D eigenvalue weighted by atomic mass is 32.2. The van der Waals surface area contributed by atoms with Crippen molar-refractivity contribution in [1.29, 1.82) is 0 Å². The van der Waals surface area contributed by atoms with Gasteiger partial charge in [0.2, 0.25) is 0 Å². The second kappa shape index (κ2) is 6.00. The molecule has 90 valence electrons. The molecule has 0 heterocycles. The quantitative estimate of drug-likeness (QED) is 0.727. The van der Waals surface area contributed by atoms with E-state index in [1.165, 1.54) is 12.8 Å². The Labute approximate surface area is 96.7 Å². The summed E-state index contributed by atoms with van der Waals surface area (Å²) in [6.45, 7) is 9.54. The summed E-state index contributed by atoms with van der Waals surface area (Å²) in [5.74, 6) is 2.17. The molecule has 1 aliphatic carbocycles.